The van der Waals surface area contributed by atoms with E-state index >= 15 is 0 Å². The van der Waals surface area contributed by atoms with Gasteiger partial charge < -0.3 is 24.3 Å². The number of hydrogen-bond donors (Lipinski definition) is 1. The minimum Gasteiger partial charge on any atom is -0.497 e. The zero-order valence-electron chi connectivity index (χ0n) is 16.7. The van der Waals surface area contributed by atoms with Crippen molar-refractivity contribution >= 4 is 11.7 Å². The van der Waals surface area contributed by atoms with E-state index in [1.54, 1.807) is 7.11 Å². The number of amides is 2. The third-order valence-electron chi connectivity index (χ3n) is 5.15. The van der Waals surface area contributed by atoms with E-state index in [4.69, 9.17) is 9.47 Å². The Labute approximate surface area is 170 Å². The number of anilines is 1. The van der Waals surface area contributed by atoms with Crippen LogP contribution in [0.25, 0.3) is 0 Å². The average Bonchev–Trinajstić information content (AvgIpc) is 3.23. The van der Waals surface area contributed by atoms with Crippen LogP contribution in [0.5, 0.6) is 11.5 Å². The lowest BCUT2D eigenvalue weighted by atomic mass is 10.00. The van der Waals surface area contributed by atoms with Crippen molar-refractivity contribution in [3.63, 3.8) is 0 Å². The number of rotatable bonds is 5. The molecule has 2 amide bonds. The molecule has 1 aromatic heterocycles. The zero-order valence-corrected chi connectivity index (χ0v) is 16.7. The summed E-state index contributed by atoms with van der Waals surface area (Å²) in [7, 11) is 1.62. The SMILES string of the molecule is CCOc1ccc([C@H]2c3cccn3CCN2C(=O)Nc2ccc(OC)cc2)cc1. The molecule has 0 saturated heterocycles. The summed E-state index contributed by atoms with van der Waals surface area (Å²) in [5, 5.41) is 3.01. The van der Waals surface area contributed by atoms with E-state index in [9.17, 15) is 4.79 Å². The Morgan fingerprint density at radius 1 is 1.03 bits per heavy atom. The molecular formula is C23H25N3O3. The molecule has 0 spiro atoms. The molecule has 4 rings (SSSR count). The summed E-state index contributed by atoms with van der Waals surface area (Å²) < 4.78 is 13.0. The first-order valence-electron chi connectivity index (χ1n) is 9.79. The number of nitrogens with one attached hydrogen (secondary N) is 1. The summed E-state index contributed by atoms with van der Waals surface area (Å²) >= 11 is 0. The number of methoxy groups -OCH3 is 1. The minimum atomic E-state index is -0.160. The third-order valence-corrected chi connectivity index (χ3v) is 5.15. The Morgan fingerprint density at radius 2 is 1.76 bits per heavy atom. The van der Waals surface area contributed by atoms with Gasteiger partial charge in [-0.3, -0.25) is 0 Å². The van der Waals surface area contributed by atoms with E-state index in [1.807, 2.05) is 66.4 Å². The molecule has 2 heterocycles. The molecule has 0 saturated carbocycles. The van der Waals surface area contributed by atoms with Gasteiger partial charge in [-0.25, -0.2) is 4.79 Å². The first-order chi connectivity index (χ1) is 14.2. The van der Waals surface area contributed by atoms with E-state index in [1.165, 1.54) is 0 Å². The van der Waals surface area contributed by atoms with Crippen molar-refractivity contribution in [2.45, 2.75) is 19.5 Å². The van der Waals surface area contributed by atoms with Gasteiger partial charge in [0.25, 0.3) is 0 Å². The van der Waals surface area contributed by atoms with Crippen LogP contribution in [0.3, 0.4) is 0 Å². The fourth-order valence-corrected chi connectivity index (χ4v) is 3.74. The summed E-state index contributed by atoms with van der Waals surface area (Å²) in [6, 6.07) is 19.2. The van der Waals surface area contributed by atoms with Gasteiger partial charge in [-0.15, -0.1) is 0 Å². The Hall–Kier alpha value is -3.41. The van der Waals surface area contributed by atoms with Crippen molar-refractivity contribution in [1.29, 1.82) is 0 Å². The van der Waals surface area contributed by atoms with Gasteiger partial charge in [-0.1, -0.05) is 12.1 Å². The highest BCUT2D eigenvalue weighted by Crippen LogP contribution is 2.33. The van der Waals surface area contributed by atoms with Crippen molar-refractivity contribution < 1.29 is 14.3 Å². The molecule has 150 valence electrons. The Kier molecular flexibility index (Phi) is 5.42. The molecule has 0 fully saturated rings. The van der Waals surface area contributed by atoms with Gasteiger partial charge in [0.15, 0.2) is 0 Å². The Balaban J connectivity index is 1.61. The first-order valence-corrected chi connectivity index (χ1v) is 9.79. The molecule has 0 aliphatic carbocycles. The number of aromatic nitrogens is 1. The van der Waals surface area contributed by atoms with Crippen LogP contribution < -0.4 is 14.8 Å². The predicted molar refractivity (Wildman–Crippen MR) is 113 cm³/mol. The van der Waals surface area contributed by atoms with Crippen molar-refractivity contribution in [3.8, 4) is 11.5 Å². The number of carbonyl (C=O) groups is 1. The molecule has 0 bridgehead atoms. The number of ether oxygens (including phenoxy) is 2. The summed E-state index contributed by atoms with van der Waals surface area (Å²) in [6.07, 6.45) is 2.07. The highest BCUT2D eigenvalue weighted by atomic mass is 16.5. The molecule has 0 unspecified atom stereocenters. The van der Waals surface area contributed by atoms with Crippen LogP contribution in [0.4, 0.5) is 10.5 Å². The monoisotopic (exact) mass is 391 g/mol. The fourth-order valence-electron chi connectivity index (χ4n) is 3.74. The third kappa shape index (κ3) is 3.92. The number of carbonyl (C=O) groups excluding carboxylic acids is 1. The average molecular weight is 391 g/mol. The lowest BCUT2D eigenvalue weighted by molar-refractivity contribution is 0.182. The lowest BCUT2D eigenvalue weighted by Gasteiger charge is -2.37. The van der Waals surface area contributed by atoms with Gasteiger partial charge in [0.1, 0.15) is 11.5 Å². The maximum atomic E-state index is 13.2. The summed E-state index contributed by atoms with van der Waals surface area (Å²) in [5.74, 6) is 1.59. The second kappa shape index (κ2) is 8.31. The zero-order chi connectivity index (χ0) is 20.2. The van der Waals surface area contributed by atoms with Gasteiger partial charge >= 0.3 is 6.03 Å². The maximum Gasteiger partial charge on any atom is 0.322 e. The molecule has 3 aromatic rings. The molecule has 29 heavy (non-hydrogen) atoms. The number of benzene rings is 2. The van der Waals surface area contributed by atoms with Gasteiger partial charge in [0, 0.05) is 30.7 Å². The molecule has 6 nitrogen and oxygen atoms in total. The van der Waals surface area contributed by atoms with Crippen LogP contribution in [0, 0.1) is 0 Å². The minimum absolute atomic E-state index is 0.124. The fraction of sp³-hybridized carbons (Fsp3) is 0.261. The van der Waals surface area contributed by atoms with Crippen LogP contribution >= 0.6 is 0 Å². The van der Waals surface area contributed by atoms with Crippen LogP contribution in [0.15, 0.2) is 66.9 Å². The topological polar surface area (TPSA) is 55.7 Å². The molecule has 1 aliphatic rings. The van der Waals surface area contributed by atoms with Gasteiger partial charge in [0.05, 0.1) is 19.8 Å². The highest BCUT2D eigenvalue weighted by molar-refractivity contribution is 5.90. The molecule has 1 N–H and O–H groups in total. The van der Waals surface area contributed by atoms with Gasteiger partial charge in [-0.2, -0.15) is 0 Å². The van der Waals surface area contributed by atoms with Crippen LogP contribution in [-0.4, -0.2) is 35.8 Å². The Bertz CT molecular complexity index is 964. The summed E-state index contributed by atoms with van der Waals surface area (Å²) in [5.41, 5.74) is 2.89. The Morgan fingerprint density at radius 3 is 2.45 bits per heavy atom. The van der Waals surface area contributed by atoms with Gasteiger partial charge in [-0.05, 0) is 61.0 Å². The quantitative estimate of drug-likeness (QED) is 0.695. The van der Waals surface area contributed by atoms with Gasteiger partial charge in [0.2, 0.25) is 0 Å². The molecular weight excluding hydrogens is 366 g/mol. The standard InChI is InChI=1S/C23H25N3O3/c1-3-29-20-10-6-17(7-11-20)22-21-5-4-14-25(21)15-16-26(22)23(27)24-18-8-12-19(28-2)13-9-18/h4-14,22H,3,15-16H2,1-2H3,(H,24,27)/t22-/m0/s1. The van der Waals surface area contributed by atoms with Crippen LogP contribution in [-0.2, 0) is 6.54 Å². The molecule has 1 atom stereocenters. The smallest absolute Gasteiger partial charge is 0.322 e. The van der Waals surface area contributed by atoms with Crippen molar-refractivity contribution in [1.82, 2.24) is 9.47 Å². The summed E-state index contributed by atoms with van der Waals surface area (Å²) in [6.45, 7) is 3.99. The molecule has 2 aromatic carbocycles. The number of nitrogens with zero attached hydrogens (tertiary/aromatic N) is 2. The molecule has 1 aliphatic heterocycles. The molecule has 0 radical (unpaired) electrons. The van der Waals surface area contributed by atoms with E-state index in [0.717, 1.165) is 35.0 Å². The van der Waals surface area contributed by atoms with Crippen molar-refractivity contribution in [3.05, 3.63) is 78.1 Å². The number of fused-ring (bicyclic) bond motifs is 1. The largest absolute Gasteiger partial charge is 0.497 e. The highest BCUT2D eigenvalue weighted by Gasteiger charge is 2.32. The second-order valence-electron chi connectivity index (χ2n) is 6.88. The number of urea groups is 1. The maximum absolute atomic E-state index is 13.2. The molecule has 6 heteroatoms. The second-order valence-corrected chi connectivity index (χ2v) is 6.88. The predicted octanol–water partition coefficient (Wildman–Crippen LogP) is 4.53. The van der Waals surface area contributed by atoms with E-state index in [0.29, 0.717) is 13.2 Å². The number of hydrogen-bond acceptors (Lipinski definition) is 3. The lowest BCUT2D eigenvalue weighted by Crippen LogP contribution is -2.44. The first kappa shape index (κ1) is 18.9. The van der Waals surface area contributed by atoms with Crippen molar-refractivity contribution in [2.24, 2.45) is 0 Å². The van der Waals surface area contributed by atoms with E-state index < -0.39 is 0 Å². The van der Waals surface area contributed by atoms with Crippen LogP contribution in [0.2, 0.25) is 0 Å². The summed E-state index contributed by atoms with van der Waals surface area (Å²) in [4.78, 5) is 15.0. The van der Waals surface area contributed by atoms with Crippen LogP contribution in [0.1, 0.15) is 24.2 Å². The normalized spacial score (nSPS) is 15.5. The van der Waals surface area contributed by atoms with E-state index in [2.05, 4.69) is 22.1 Å². The van der Waals surface area contributed by atoms with Crippen molar-refractivity contribution in [2.75, 3.05) is 25.6 Å². The van der Waals surface area contributed by atoms with E-state index in [-0.39, 0.29) is 12.1 Å².